The van der Waals surface area contributed by atoms with E-state index in [1.165, 1.54) is 77.2 Å². The lowest BCUT2D eigenvalue weighted by Gasteiger charge is -1.97. The van der Waals surface area contributed by atoms with E-state index >= 15 is 0 Å². The fourth-order valence-electron chi connectivity index (χ4n) is 1.83. The number of rotatable bonds is 12. The van der Waals surface area contributed by atoms with Crippen molar-refractivity contribution in [2.75, 3.05) is 20.1 Å². The van der Waals surface area contributed by atoms with Crippen molar-refractivity contribution in [3.05, 3.63) is 0 Å². The van der Waals surface area contributed by atoms with E-state index < -0.39 is 0 Å². The molecule has 0 aliphatic heterocycles. The van der Waals surface area contributed by atoms with Crippen LogP contribution in [0, 0.1) is 0 Å². The van der Waals surface area contributed by atoms with Crippen LogP contribution in [0.1, 0.15) is 84.5 Å². The SMILES string of the molecule is CCCCCCCCCN.CCCCCCNC. The Labute approximate surface area is 116 Å². The lowest BCUT2D eigenvalue weighted by atomic mass is 10.1. The standard InChI is InChI=1S/C9H21N.C7H17N/c1-2-3-4-5-6-7-8-9-10;1-3-4-5-6-7-8-2/h2-10H2,1H3;8H,3-7H2,1-2H3. The van der Waals surface area contributed by atoms with Crippen molar-refractivity contribution in [1.82, 2.24) is 5.32 Å². The van der Waals surface area contributed by atoms with E-state index in [0.29, 0.717) is 0 Å². The molecule has 0 saturated heterocycles. The average molecular weight is 258 g/mol. The van der Waals surface area contributed by atoms with Gasteiger partial charge in [-0.25, -0.2) is 0 Å². The lowest BCUT2D eigenvalue weighted by molar-refractivity contribution is 0.593. The topological polar surface area (TPSA) is 38.0 Å². The molecule has 0 aromatic heterocycles. The van der Waals surface area contributed by atoms with Gasteiger partial charge in [0.15, 0.2) is 0 Å². The molecule has 2 nitrogen and oxygen atoms in total. The zero-order chi connectivity index (χ0) is 13.9. The fraction of sp³-hybridized carbons (Fsp3) is 1.00. The van der Waals surface area contributed by atoms with Crippen molar-refractivity contribution in [2.24, 2.45) is 5.73 Å². The molecule has 0 unspecified atom stereocenters. The van der Waals surface area contributed by atoms with Crippen molar-refractivity contribution in [2.45, 2.75) is 84.5 Å². The quantitative estimate of drug-likeness (QED) is 0.506. The molecule has 0 heterocycles. The third-order valence-corrected chi connectivity index (χ3v) is 3.09. The van der Waals surface area contributed by atoms with Crippen molar-refractivity contribution in [1.29, 1.82) is 0 Å². The van der Waals surface area contributed by atoms with E-state index in [1.807, 2.05) is 7.05 Å². The van der Waals surface area contributed by atoms with Crippen molar-refractivity contribution in [3.63, 3.8) is 0 Å². The second-order valence-corrected chi connectivity index (χ2v) is 5.07. The predicted molar refractivity (Wildman–Crippen MR) is 85.1 cm³/mol. The maximum atomic E-state index is 5.37. The van der Waals surface area contributed by atoms with Crippen molar-refractivity contribution >= 4 is 0 Å². The third-order valence-electron chi connectivity index (χ3n) is 3.09. The van der Waals surface area contributed by atoms with E-state index in [-0.39, 0.29) is 0 Å². The summed E-state index contributed by atoms with van der Waals surface area (Å²) in [7, 11) is 2.01. The Kier molecular flexibility index (Phi) is 24.9. The van der Waals surface area contributed by atoms with Gasteiger partial charge in [0.05, 0.1) is 0 Å². The summed E-state index contributed by atoms with van der Waals surface area (Å²) in [6, 6.07) is 0. The highest BCUT2D eigenvalue weighted by Gasteiger charge is 1.87. The van der Waals surface area contributed by atoms with Crippen LogP contribution in [0.15, 0.2) is 0 Å². The number of hydrogen-bond acceptors (Lipinski definition) is 2. The van der Waals surface area contributed by atoms with E-state index in [0.717, 1.165) is 6.54 Å². The van der Waals surface area contributed by atoms with Crippen molar-refractivity contribution in [3.8, 4) is 0 Å². The molecule has 0 spiro atoms. The van der Waals surface area contributed by atoms with Gasteiger partial charge in [-0.2, -0.15) is 0 Å². The Morgan fingerprint density at radius 2 is 1.11 bits per heavy atom. The minimum absolute atomic E-state index is 0.869. The van der Waals surface area contributed by atoms with E-state index in [1.54, 1.807) is 0 Å². The maximum Gasteiger partial charge on any atom is -0.00519 e. The zero-order valence-corrected chi connectivity index (χ0v) is 13.3. The summed E-state index contributed by atoms with van der Waals surface area (Å²) in [5.41, 5.74) is 5.37. The largest absolute Gasteiger partial charge is 0.330 e. The van der Waals surface area contributed by atoms with Crippen LogP contribution in [0.2, 0.25) is 0 Å². The molecule has 0 bridgehead atoms. The Hall–Kier alpha value is -0.0800. The minimum atomic E-state index is 0.869. The first-order valence-corrected chi connectivity index (χ1v) is 8.18. The summed E-state index contributed by atoms with van der Waals surface area (Å²) in [6.07, 6.45) is 15.0. The van der Waals surface area contributed by atoms with Gasteiger partial charge in [-0.15, -0.1) is 0 Å². The van der Waals surface area contributed by atoms with Crippen LogP contribution < -0.4 is 11.1 Å². The van der Waals surface area contributed by atoms with E-state index in [2.05, 4.69) is 19.2 Å². The summed E-state index contributed by atoms with van der Waals surface area (Å²) >= 11 is 0. The van der Waals surface area contributed by atoms with E-state index in [4.69, 9.17) is 5.73 Å². The van der Waals surface area contributed by atoms with Gasteiger partial charge < -0.3 is 11.1 Å². The first-order chi connectivity index (χ1) is 8.83. The first kappa shape index (κ1) is 20.2. The van der Waals surface area contributed by atoms with Gasteiger partial charge in [-0.05, 0) is 33.0 Å². The summed E-state index contributed by atoms with van der Waals surface area (Å²) in [5, 5.41) is 3.13. The van der Waals surface area contributed by atoms with Gasteiger partial charge in [-0.3, -0.25) is 0 Å². The Bertz CT molecular complexity index is 102. The summed E-state index contributed by atoms with van der Waals surface area (Å²) < 4.78 is 0. The van der Waals surface area contributed by atoms with Gasteiger partial charge in [0.1, 0.15) is 0 Å². The highest BCUT2D eigenvalue weighted by atomic mass is 14.8. The Morgan fingerprint density at radius 1 is 0.667 bits per heavy atom. The molecule has 0 aliphatic carbocycles. The van der Waals surface area contributed by atoms with Crippen LogP contribution in [0.25, 0.3) is 0 Å². The van der Waals surface area contributed by atoms with Crippen LogP contribution in [0.5, 0.6) is 0 Å². The molecular formula is C16H38N2. The first-order valence-electron chi connectivity index (χ1n) is 8.18. The normalized spacial score (nSPS) is 10.0. The highest BCUT2D eigenvalue weighted by molar-refractivity contribution is 4.44. The predicted octanol–water partition coefficient (Wildman–Crippen LogP) is 4.48. The molecule has 0 saturated carbocycles. The third kappa shape index (κ3) is 24.9. The zero-order valence-electron chi connectivity index (χ0n) is 13.3. The molecule has 112 valence electrons. The monoisotopic (exact) mass is 258 g/mol. The van der Waals surface area contributed by atoms with Crippen molar-refractivity contribution < 1.29 is 0 Å². The van der Waals surface area contributed by atoms with Gasteiger partial charge >= 0.3 is 0 Å². The van der Waals surface area contributed by atoms with E-state index in [9.17, 15) is 0 Å². The number of hydrogen-bond donors (Lipinski definition) is 2. The molecule has 0 atom stereocenters. The van der Waals surface area contributed by atoms with Gasteiger partial charge in [-0.1, -0.05) is 71.6 Å². The average Bonchev–Trinajstić information content (AvgIpc) is 2.40. The molecule has 0 rings (SSSR count). The Balaban J connectivity index is 0. The molecule has 0 aromatic rings. The molecule has 0 fully saturated rings. The number of nitrogens with one attached hydrogen (secondary N) is 1. The molecule has 0 aliphatic rings. The van der Waals surface area contributed by atoms with Crippen LogP contribution >= 0.6 is 0 Å². The number of nitrogens with two attached hydrogens (primary N) is 1. The molecule has 3 N–H and O–H groups in total. The molecule has 18 heavy (non-hydrogen) atoms. The van der Waals surface area contributed by atoms with Gasteiger partial charge in [0.2, 0.25) is 0 Å². The summed E-state index contributed by atoms with van der Waals surface area (Å²) in [4.78, 5) is 0. The molecule has 2 heteroatoms. The second kappa shape index (κ2) is 22.1. The van der Waals surface area contributed by atoms with Crippen LogP contribution in [-0.2, 0) is 0 Å². The fourth-order valence-corrected chi connectivity index (χ4v) is 1.83. The smallest absolute Gasteiger partial charge is 0.00519 e. The lowest BCUT2D eigenvalue weighted by Crippen LogP contribution is -2.06. The summed E-state index contributed by atoms with van der Waals surface area (Å²) in [5.74, 6) is 0. The highest BCUT2D eigenvalue weighted by Crippen LogP contribution is 2.05. The molecule has 0 radical (unpaired) electrons. The second-order valence-electron chi connectivity index (χ2n) is 5.07. The molecular weight excluding hydrogens is 220 g/mol. The molecule has 0 aromatic carbocycles. The molecule has 0 amide bonds. The minimum Gasteiger partial charge on any atom is -0.330 e. The van der Waals surface area contributed by atoms with Gasteiger partial charge in [0, 0.05) is 0 Å². The Morgan fingerprint density at radius 3 is 1.56 bits per heavy atom. The van der Waals surface area contributed by atoms with Gasteiger partial charge in [0.25, 0.3) is 0 Å². The van der Waals surface area contributed by atoms with Crippen LogP contribution in [0.4, 0.5) is 0 Å². The number of unbranched alkanes of at least 4 members (excludes halogenated alkanes) is 9. The van der Waals surface area contributed by atoms with Crippen LogP contribution in [0.3, 0.4) is 0 Å². The summed E-state index contributed by atoms with van der Waals surface area (Å²) in [6.45, 7) is 6.53. The maximum absolute atomic E-state index is 5.37. The van der Waals surface area contributed by atoms with Crippen LogP contribution in [-0.4, -0.2) is 20.1 Å².